The second-order valence-electron chi connectivity index (χ2n) is 5.33. The Bertz CT molecular complexity index is 725. The molecule has 0 saturated heterocycles. The van der Waals surface area contributed by atoms with Crippen LogP contribution < -0.4 is 4.90 Å². The third kappa shape index (κ3) is 3.06. The Morgan fingerprint density at radius 1 is 1.22 bits per heavy atom. The van der Waals surface area contributed by atoms with E-state index in [1.54, 1.807) is 17.0 Å². The minimum absolute atomic E-state index is 0.230. The van der Waals surface area contributed by atoms with E-state index in [9.17, 15) is 18.0 Å². The van der Waals surface area contributed by atoms with Crippen molar-refractivity contribution in [1.82, 2.24) is 9.78 Å². The number of fused-ring (bicyclic) bond motifs is 1. The fraction of sp³-hybridized carbons (Fsp3) is 0.333. The van der Waals surface area contributed by atoms with Crippen LogP contribution >= 0.6 is 11.6 Å². The van der Waals surface area contributed by atoms with Gasteiger partial charge in [-0.3, -0.25) is 4.79 Å². The number of nitrogens with zero attached hydrogens (tertiary/aromatic N) is 3. The van der Waals surface area contributed by atoms with Crippen molar-refractivity contribution >= 4 is 23.7 Å². The number of carbonyl (C=O) groups is 1. The maximum absolute atomic E-state index is 13.1. The van der Waals surface area contributed by atoms with Gasteiger partial charge in [-0.2, -0.15) is 18.3 Å². The SMILES string of the molecule is O=Cc1c(C(F)(F)F)nn2c1N(Cc1ccc(Cl)cc1)CCC2. The molecular formula is C15H13ClF3N3O. The van der Waals surface area contributed by atoms with Crippen molar-refractivity contribution in [3.05, 3.63) is 46.1 Å². The molecular weight excluding hydrogens is 331 g/mol. The van der Waals surface area contributed by atoms with E-state index in [2.05, 4.69) is 5.10 Å². The molecule has 23 heavy (non-hydrogen) atoms. The molecule has 1 aliphatic heterocycles. The Morgan fingerprint density at radius 2 is 1.91 bits per heavy atom. The number of aromatic nitrogens is 2. The summed E-state index contributed by atoms with van der Waals surface area (Å²) in [6.45, 7) is 1.32. The number of benzene rings is 1. The molecule has 0 saturated carbocycles. The summed E-state index contributed by atoms with van der Waals surface area (Å²) in [5.41, 5.74) is -0.619. The Labute approximate surface area is 135 Å². The number of aldehydes is 1. The molecule has 0 fully saturated rings. The van der Waals surface area contributed by atoms with Crippen LogP contribution in [0.3, 0.4) is 0 Å². The zero-order valence-corrected chi connectivity index (χ0v) is 12.7. The fourth-order valence-corrected chi connectivity index (χ4v) is 2.88. The van der Waals surface area contributed by atoms with E-state index >= 15 is 0 Å². The molecule has 122 valence electrons. The van der Waals surface area contributed by atoms with E-state index in [0.717, 1.165) is 5.56 Å². The van der Waals surface area contributed by atoms with Gasteiger partial charge in [-0.05, 0) is 24.1 Å². The first-order valence-corrected chi connectivity index (χ1v) is 7.40. The number of rotatable bonds is 3. The van der Waals surface area contributed by atoms with Gasteiger partial charge in [-0.25, -0.2) is 4.68 Å². The number of anilines is 1. The molecule has 3 rings (SSSR count). The second-order valence-corrected chi connectivity index (χ2v) is 5.76. The predicted molar refractivity (Wildman–Crippen MR) is 79.7 cm³/mol. The molecule has 1 aliphatic rings. The van der Waals surface area contributed by atoms with Gasteiger partial charge in [-0.15, -0.1) is 0 Å². The van der Waals surface area contributed by atoms with E-state index in [0.29, 0.717) is 31.1 Å². The predicted octanol–water partition coefficient (Wildman–Crippen LogP) is 3.78. The normalized spacial score (nSPS) is 14.7. The smallest absolute Gasteiger partial charge is 0.352 e. The van der Waals surface area contributed by atoms with E-state index in [-0.39, 0.29) is 12.1 Å². The number of hydrogen-bond acceptors (Lipinski definition) is 3. The van der Waals surface area contributed by atoms with Gasteiger partial charge in [0.15, 0.2) is 12.0 Å². The Kier molecular flexibility index (Phi) is 4.06. The lowest BCUT2D eigenvalue weighted by Gasteiger charge is -2.30. The van der Waals surface area contributed by atoms with E-state index in [1.165, 1.54) is 4.68 Å². The molecule has 2 heterocycles. The highest BCUT2D eigenvalue weighted by atomic mass is 35.5. The third-order valence-electron chi connectivity index (χ3n) is 3.73. The third-order valence-corrected chi connectivity index (χ3v) is 3.98. The van der Waals surface area contributed by atoms with Crippen molar-refractivity contribution < 1.29 is 18.0 Å². The number of carbonyl (C=O) groups excluding carboxylic acids is 1. The molecule has 0 amide bonds. The van der Waals surface area contributed by atoms with Gasteiger partial charge in [0.25, 0.3) is 0 Å². The van der Waals surface area contributed by atoms with Crippen molar-refractivity contribution in [2.75, 3.05) is 11.4 Å². The van der Waals surface area contributed by atoms with Crippen LogP contribution in [0, 0.1) is 0 Å². The highest BCUT2D eigenvalue weighted by Gasteiger charge is 2.40. The molecule has 4 nitrogen and oxygen atoms in total. The van der Waals surface area contributed by atoms with Crippen LogP contribution in [0.15, 0.2) is 24.3 Å². The lowest BCUT2D eigenvalue weighted by molar-refractivity contribution is -0.141. The number of aryl methyl sites for hydroxylation is 1. The van der Waals surface area contributed by atoms with Crippen molar-refractivity contribution in [3.8, 4) is 0 Å². The summed E-state index contributed by atoms with van der Waals surface area (Å²) < 4.78 is 40.4. The zero-order chi connectivity index (χ0) is 16.6. The summed E-state index contributed by atoms with van der Waals surface area (Å²) in [7, 11) is 0. The van der Waals surface area contributed by atoms with Gasteiger partial charge >= 0.3 is 6.18 Å². The Balaban J connectivity index is 1.99. The van der Waals surface area contributed by atoms with Gasteiger partial charge in [0, 0.05) is 24.7 Å². The second kappa shape index (κ2) is 5.88. The summed E-state index contributed by atoms with van der Waals surface area (Å²) in [6.07, 6.45) is -3.74. The first-order valence-electron chi connectivity index (χ1n) is 7.02. The minimum Gasteiger partial charge on any atom is -0.352 e. The molecule has 2 aromatic rings. The van der Waals surface area contributed by atoms with Crippen molar-refractivity contribution in [1.29, 1.82) is 0 Å². The molecule has 0 unspecified atom stereocenters. The van der Waals surface area contributed by atoms with E-state index in [4.69, 9.17) is 11.6 Å². The summed E-state index contributed by atoms with van der Waals surface area (Å²) in [6, 6.07) is 7.06. The van der Waals surface area contributed by atoms with Crippen molar-refractivity contribution in [2.24, 2.45) is 0 Å². The topological polar surface area (TPSA) is 38.1 Å². The van der Waals surface area contributed by atoms with Crippen LogP contribution in [0.1, 0.15) is 28.0 Å². The minimum atomic E-state index is -4.65. The van der Waals surface area contributed by atoms with E-state index < -0.39 is 17.4 Å². The lowest BCUT2D eigenvalue weighted by atomic mass is 10.1. The van der Waals surface area contributed by atoms with Gasteiger partial charge < -0.3 is 4.90 Å². The first kappa shape index (κ1) is 15.9. The molecule has 0 atom stereocenters. The standard InChI is InChI=1S/C15H13ClF3N3O/c16-11-4-2-10(3-5-11)8-21-6-1-7-22-14(21)12(9-23)13(20-22)15(17,18)19/h2-5,9H,1,6-8H2. The van der Waals surface area contributed by atoms with Crippen LogP contribution in [0.25, 0.3) is 0 Å². The maximum atomic E-state index is 13.1. The fourth-order valence-electron chi connectivity index (χ4n) is 2.76. The summed E-state index contributed by atoms with van der Waals surface area (Å²) >= 11 is 5.84. The molecule has 0 N–H and O–H groups in total. The number of hydrogen-bond donors (Lipinski definition) is 0. The molecule has 0 bridgehead atoms. The Morgan fingerprint density at radius 3 is 2.52 bits per heavy atom. The van der Waals surface area contributed by atoms with Crippen molar-refractivity contribution in [2.45, 2.75) is 25.7 Å². The largest absolute Gasteiger partial charge is 0.435 e. The van der Waals surface area contributed by atoms with Crippen LogP contribution in [0.4, 0.5) is 19.0 Å². The monoisotopic (exact) mass is 343 g/mol. The Hall–Kier alpha value is -2.02. The lowest BCUT2D eigenvalue weighted by Crippen LogP contribution is -2.32. The highest BCUT2D eigenvalue weighted by Crippen LogP contribution is 2.37. The molecule has 8 heteroatoms. The first-order chi connectivity index (χ1) is 10.9. The zero-order valence-electron chi connectivity index (χ0n) is 12.0. The van der Waals surface area contributed by atoms with E-state index in [1.807, 2.05) is 12.1 Å². The molecule has 0 radical (unpaired) electrons. The summed E-state index contributed by atoms with van der Waals surface area (Å²) in [5.74, 6) is 0.230. The molecule has 1 aromatic heterocycles. The highest BCUT2D eigenvalue weighted by molar-refractivity contribution is 6.30. The van der Waals surface area contributed by atoms with Crippen LogP contribution in [0.2, 0.25) is 5.02 Å². The molecule has 0 aliphatic carbocycles. The molecule has 0 spiro atoms. The van der Waals surface area contributed by atoms with Gasteiger partial charge in [0.1, 0.15) is 5.82 Å². The average Bonchev–Trinajstić information content (AvgIpc) is 2.89. The number of alkyl halides is 3. The number of halogens is 4. The van der Waals surface area contributed by atoms with Crippen LogP contribution in [0.5, 0.6) is 0 Å². The van der Waals surface area contributed by atoms with Gasteiger partial charge in [0.05, 0.1) is 5.56 Å². The van der Waals surface area contributed by atoms with Crippen LogP contribution in [-0.4, -0.2) is 22.6 Å². The molecule has 1 aromatic carbocycles. The van der Waals surface area contributed by atoms with Gasteiger partial charge in [-0.1, -0.05) is 23.7 Å². The summed E-state index contributed by atoms with van der Waals surface area (Å²) in [5, 5.41) is 4.18. The van der Waals surface area contributed by atoms with Crippen molar-refractivity contribution in [3.63, 3.8) is 0 Å². The summed E-state index contributed by atoms with van der Waals surface area (Å²) in [4.78, 5) is 13.0. The van der Waals surface area contributed by atoms with Crippen LogP contribution in [-0.2, 0) is 19.3 Å². The maximum Gasteiger partial charge on any atom is 0.435 e. The average molecular weight is 344 g/mol. The quantitative estimate of drug-likeness (QED) is 0.796. The van der Waals surface area contributed by atoms with Gasteiger partial charge in [0.2, 0.25) is 0 Å².